The van der Waals surface area contributed by atoms with Crippen molar-refractivity contribution in [3.05, 3.63) is 54.1 Å². The Kier molecular flexibility index (Phi) is 7.03. The Bertz CT molecular complexity index is 888. The van der Waals surface area contributed by atoms with Crippen molar-refractivity contribution >= 4 is 29.1 Å². The van der Waals surface area contributed by atoms with Crippen LogP contribution in [0.4, 0.5) is 11.4 Å². The quantitative estimate of drug-likeness (QED) is 0.536. The van der Waals surface area contributed by atoms with E-state index in [1.165, 1.54) is 0 Å². The maximum atomic E-state index is 12.4. The average molecular weight is 411 g/mol. The lowest BCUT2D eigenvalue weighted by atomic mass is 9.96. The SMILES string of the molecule is COc1ccc(NC(=O)c2ccc(NC(=O)C[NH+]3CCC(C(N)=O)CC3)cc2)cc1. The second kappa shape index (κ2) is 9.89. The zero-order chi connectivity index (χ0) is 21.5. The van der Waals surface area contributed by atoms with Gasteiger partial charge in [-0.25, -0.2) is 0 Å². The molecule has 2 aromatic rings. The minimum Gasteiger partial charge on any atom is -0.497 e. The summed E-state index contributed by atoms with van der Waals surface area (Å²) in [5.74, 6) is 0.0491. The third-order valence-electron chi connectivity index (χ3n) is 5.28. The van der Waals surface area contributed by atoms with Crippen LogP contribution < -0.4 is 26.0 Å². The summed E-state index contributed by atoms with van der Waals surface area (Å²) in [5.41, 5.74) is 7.13. The first-order valence-corrected chi connectivity index (χ1v) is 9.93. The number of nitrogens with two attached hydrogens (primary N) is 1. The number of carbonyl (C=O) groups is 3. The Balaban J connectivity index is 1.48. The summed E-state index contributed by atoms with van der Waals surface area (Å²) >= 11 is 0. The predicted molar refractivity (Wildman–Crippen MR) is 114 cm³/mol. The van der Waals surface area contributed by atoms with Gasteiger partial charge < -0.3 is 26.0 Å². The molecule has 1 fully saturated rings. The molecular formula is C22H27N4O4+. The highest BCUT2D eigenvalue weighted by Gasteiger charge is 2.27. The van der Waals surface area contributed by atoms with Crippen molar-refractivity contribution in [3.63, 3.8) is 0 Å². The minimum atomic E-state index is -0.255. The van der Waals surface area contributed by atoms with Gasteiger partial charge in [-0.3, -0.25) is 14.4 Å². The van der Waals surface area contributed by atoms with Gasteiger partial charge in [0.15, 0.2) is 6.54 Å². The van der Waals surface area contributed by atoms with Crippen LogP contribution in [0, 0.1) is 5.92 Å². The van der Waals surface area contributed by atoms with E-state index in [2.05, 4.69) is 10.6 Å². The van der Waals surface area contributed by atoms with Crippen LogP contribution in [-0.2, 0) is 9.59 Å². The maximum absolute atomic E-state index is 12.4. The Morgan fingerprint density at radius 1 is 0.967 bits per heavy atom. The van der Waals surface area contributed by atoms with E-state index in [0.29, 0.717) is 29.2 Å². The normalized spacial score (nSPS) is 18.3. The smallest absolute Gasteiger partial charge is 0.279 e. The highest BCUT2D eigenvalue weighted by atomic mass is 16.5. The van der Waals surface area contributed by atoms with Gasteiger partial charge in [0.25, 0.3) is 11.8 Å². The highest BCUT2D eigenvalue weighted by molar-refractivity contribution is 6.04. The number of anilines is 2. The molecule has 0 saturated carbocycles. The van der Waals surface area contributed by atoms with Crippen LogP contribution in [-0.4, -0.2) is 44.5 Å². The standard InChI is InChI=1S/C22H26N4O4/c1-30-19-8-6-18(7-9-19)25-22(29)16-2-4-17(5-3-16)24-20(27)14-26-12-10-15(11-13-26)21(23)28/h2-9,15H,10-14H2,1H3,(H2,23,28)(H,24,27)(H,25,29)/p+1. The lowest BCUT2D eigenvalue weighted by molar-refractivity contribution is -0.897. The summed E-state index contributed by atoms with van der Waals surface area (Å²) in [7, 11) is 1.58. The van der Waals surface area contributed by atoms with Gasteiger partial charge in [-0.05, 0) is 48.5 Å². The maximum Gasteiger partial charge on any atom is 0.279 e. The Morgan fingerprint density at radius 2 is 1.53 bits per heavy atom. The molecular weight excluding hydrogens is 384 g/mol. The molecule has 0 aliphatic carbocycles. The molecule has 0 bridgehead atoms. The molecule has 158 valence electrons. The number of likely N-dealkylation sites (tertiary alicyclic amines) is 1. The fraction of sp³-hybridized carbons (Fsp3) is 0.318. The Labute approximate surface area is 175 Å². The number of ether oxygens (including phenoxy) is 1. The second-order valence-electron chi connectivity index (χ2n) is 7.41. The monoisotopic (exact) mass is 411 g/mol. The van der Waals surface area contributed by atoms with E-state index < -0.39 is 0 Å². The number of hydrogen-bond acceptors (Lipinski definition) is 4. The summed E-state index contributed by atoms with van der Waals surface area (Å²) in [6.07, 6.45) is 1.44. The van der Waals surface area contributed by atoms with Gasteiger partial charge in [0, 0.05) is 35.7 Å². The van der Waals surface area contributed by atoms with Gasteiger partial charge in [-0.1, -0.05) is 0 Å². The van der Waals surface area contributed by atoms with Gasteiger partial charge in [-0.15, -0.1) is 0 Å². The molecule has 3 rings (SSSR count). The summed E-state index contributed by atoms with van der Waals surface area (Å²) in [5, 5.41) is 5.67. The van der Waals surface area contributed by atoms with E-state index in [-0.39, 0.29) is 23.6 Å². The number of amides is 3. The van der Waals surface area contributed by atoms with Gasteiger partial charge in [0.05, 0.1) is 20.2 Å². The van der Waals surface area contributed by atoms with E-state index in [1.807, 2.05) is 0 Å². The summed E-state index contributed by atoms with van der Waals surface area (Å²) in [4.78, 5) is 37.0. The zero-order valence-electron chi connectivity index (χ0n) is 16.9. The van der Waals surface area contributed by atoms with Crippen molar-refractivity contribution in [2.24, 2.45) is 11.7 Å². The lowest BCUT2D eigenvalue weighted by Crippen LogP contribution is -3.14. The number of rotatable bonds is 7. The molecule has 5 N–H and O–H groups in total. The van der Waals surface area contributed by atoms with Crippen LogP contribution in [0.2, 0.25) is 0 Å². The predicted octanol–water partition coefficient (Wildman–Crippen LogP) is 0.666. The van der Waals surface area contributed by atoms with Crippen molar-refractivity contribution in [2.45, 2.75) is 12.8 Å². The van der Waals surface area contributed by atoms with Crippen molar-refractivity contribution < 1.29 is 24.0 Å². The number of quaternary nitrogens is 1. The van der Waals surface area contributed by atoms with Crippen LogP contribution in [0.1, 0.15) is 23.2 Å². The largest absolute Gasteiger partial charge is 0.497 e. The molecule has 0 unspecified atom stereocenters. The first kappa shape index (κ1) is 21.3. The third-order valence-corrected chi connectivity index (χ3v) is 5.28. The molecule has 8 nitrogen and oxygen atoms in total. The van der Waals surface area contributed by atoms with Crippen molar-refractivity contribution in [1.29, 1.82) is 0 Å². The number of carbonyl (C=O) groups excluding carboxylic acids is 3. The van der Waals surface area contributed by atoms with Crippen LogP contribution >= 0.6 is 0 Å². The fourth-order valence-electron chi connectivity index (χ4n) is 3.50. The molecule has 1 aliphatic heterocycles. The van der Waals surface area contributed by atoms with Gasteiger partial charge in [0.1, 0.15) is 5.75 Å². The number of primary amides is 1. The number of nitrogens with one attached hydrogen (secondary N) is 3. The first-order valence-electron chi connectivity index (χ1n) is 9.93. The number of methoxy groups -OCH3 is 1. The summed E-state index contributed by atoms with van der Waals surface area (Å²) in [6.45, 7) is 1.85. The van der Waals surface area contributed by atoms with Crippen molar-refractivity contribution in [1.82, 2.24) is 0 Å². The van der Waals surface area contributed by atoms with Crippen molar-refractivity contribution in [3.8, 4) is 5.75 Å². The van der Waals surface area contributed by atoms with E-state index in [0.717, 1.165) is 30.8 Å². The average Bonchev–Trinajstić information content (AvgIpc) is 2.75. The molecule has 1 saturated heterocycles. The van der Waals surface area contributed by atoms with E-state index in [4.69, 9.17) is 10.5 Å². The van der Waals surface area contributed by atoms with Gasteiger partial charge >= 0.3 is 0 Å². The molecule has 2 aromatic carbocycles. The summed E-state index contributed by atoms with van der Waals surface area (Å²) in [6, 6.07) is 13.8. The molecule has 1 aliphatic rings. The van der Waals surface area contributed by atoms with E-state index in [1.54, 1.807) is 55.6 Å². The van der Waals surface area contributed by atoms with Crippen LogP contribution in [0.3, 0.4) is 0 Å². The summed E-state index contributed by atoms with van der Waals surface area (Å²) < 4.78 is 5.10. The second-order valence-corrected chi connectivity index (χ2v) is 7.41. The lowest BCUT2D eigenvalue weighted by Gasteiger charge is -2.27. The molecule has 3 amide bonds. The number of hydrogen-bond donors (Lipinski definition) is 4. The molecule has 0 aromatic heterocycles. The number of piperidine rings is 1. The molecule has 0 radical (unpaired) electrons. The fourth-order valence-corrected chi connectivity index (χ4v) is 3.50. The molecule has 1 heterocycles. The van der Waals surface area contributed by atoms with Crippen LogP contribution in [0.5, 0.6) is 5.75 Å². The van der Waals surface area contributed by atoms with E-state index >= 15 is 0 Å². The van der Waals surface area contributed by atoms with Crippen LogP contribution in [0.15, 0.2) is 48.5 Å². The topological polar surface area (TPSA) is 115 Å². The molecule has 0 atom stereocenters. The Morgan fingerprint density at radius 3 is 2.10 bits per heavy atom. The molecule has 30 heavy (non-hydrogen) atoms. The highest BCUT2D eigenvalue weighted by Crippen LogP contribution is 2.17. The molecule has 0 spiro atoms. The zero-order valence-corrected chi connectivity index (χ0v) is 16.9. The van der Waals surface area contributed by atoms with E-state index in [9.17, 15) is 14.4 Å². The first-order chi connectivity index (χ1) is 14.4. The van der Waals surface area contributed by atoms with Crippen LogP contribution in [0.25, 0.3) is 0 Å². The van der Waals surface area contributed by atoms with Gasteiger partial charge in [0.2, 0.25) is 5.91 Å². The Hall–Kier alpha value is -3.39. The minimum absolute atomic E-state index is 0.0755. The third kappa shape index (κ3) is 5.81. The van der Waals surface area contributed by atoms with Gasteiger partial charge in [-0.2, -0.15) is 0 Å². The molecule has 8 heteroatoms. The van der Waals surface area contributed by atoms with Crippen molar-refractivity contribution in [2.75, 3.05) is 37.4 Å². The number of benzene rings is 2.